The maximum absolute atomic E-state index is 11.8. The summed E-state index contributed by atoms with van der Waals surface area (Å²) in [7, 11) is 0. The number of nitrogens with zero attached hydrogens (tertiary/aromatic N) is 1. The van der Waals surface area contributed by atoms with Crippen LogP contribution < -0.4 is 0 Å². The van der Waals surface area contributed by atoms with Crippen molar-refractivity contribution in [3.63, 3.8) is 0 Å². The summed E-state index contributed by atoms with van der Waals surface area (Å²) in [5.74, 6) is -0.0946. The van der Waals surface area contributed by atoms with E-state index < -0.39 is 0 Å². The van der Waals surface area contributed by atoms with E-state index in [0.29, 0.717) is 24.2 Å². The molecule has 26 heavy (non-hydrogen) atoms. The van der Waals surface area contributed by atoms with E-state index >= 15 is 0 Å². The van der Waals surface area contributed by atoms with Crippen molar-refractivity contribution in [1.82, 2.24) is 4.98 Å². The first kappa shape index (κ1) is 19.9. The molecule has 4 nitrogen and oxygen atoms in total. The molecule has 1 aliphatic carbocycles. The zero-order valence-electron chi connectivity index (χ0n) is 15.3. The Labute approximate surface area is 155 Å². The summed E-state index contributed by atoms with van der Waals surface area (Å²) in [5.41, 5.74) is 4.17. The van der Waals surface area contributed by atoms with Crippen molar-refractivity contribution in [2.75, 3.05) is 6.61 Å². The van der Waals surface area contributed by atoms with Crippen LogP contribution in [0.5, 0.6) is 0 Å². The van der Waals surface area contributed by atoms with Gasteiger partial charge in [-0.1, -0.05) is 44.6 Å². The van der Waals surface area contributed by atoms with Gasteiger partial charge < -0.3 is 4.74 Å². The van der Waals surface area contributed by atoms with Crippen molar-refractivity contribution in [1.29, 1.82) is 0 Å². The number of ether oxygens (including phenoxy) is 1. The average Bonchev–Trinajstić information content (AvgIpc) is 3.21. The van der Waals surface area contributed by atoms with Crippen LogP contribution in [0.25, 0.3) is 0 Å². The van der Waals surface area contributed by atoms with Crippen molar-refractivity contribution in [2.45, 2.75) is 57.8 Å². The van der Waals surface area contributed by atoms with Crippen molar-refractivity contribution in [2.24, 2.45) is 0 Å². The van der Waals surface area contributed by atoms with Crippen LogP contribution >= 0.6 is 0 Å². The molecule has 0 saturated heterocycles. The molecule has 1 aromatic heterocycles. The third-order valence-electron chi connectivity index (χ3n) is 4.33. The van der Waals surface area contributed by atoms with Crippen LogP contribution in [0.15, 0.2) is 54.1 Å². The van der Waals surface area contributed by atoms with Gasteiger partial charge >= 0.3 is 5.97 Å². The molecule has 0 radical (unpaired) electrons. The van der Waals surface area contributed by atoms with E-state index in [1.54, 1.807) is 24.4 Å². The topological polar surface area (TPSA) is 56.3 Å². The van der Waals surface area contributed by atoms with Crippen molar-refractivity contribution in [3.8, 4) is 0 Å². The second kappa shape index (κ2) is 12.0. The van der Waals surface area contributed by atoms with Gasteiger partial charge in [0.25, 0.3) is 0 Å². The number of ketones is 1. The van der Waals surface area contributed by atoms with E-state index in [1.807, 2.05) is 12.2 Å². The highest BCUT2D eigenvalue weighted by atomic mass is 16.5. The molecule has 0 bridgehead atoms. The SMILES string of the molecule is O=C(CCCCCCCCCCOC(=O)c1cccnc1)C1=C=CC=C1. The molecule has 0 atom stereocenters. The van der Waals surface area contributed by atoms with E-state index in [4.69, 9.17) is 4.74 Å². The number of aromatic nitrogens is 1. The maximum atomic E-state index is 11.8. The molecule has 1 heterocycles. The van der Waals surface area contributed by atoms with Gasteiger partial charge in [-0.15, -0.1) is 5.73 Å². The normalized spacial score (nSPS) is 12.2. The lowest BCUT2D eigenvalue weighted by molar-refractivity contribution is -0.115. The number of Topliss-reactive ketones (excluding diaryl/α,β-unsaturated/α-hetero) is 1. The minimum atomic E-state index is -0.299. The Hall–Kier alpha value is -2.45. The Kier molecular flexibility index (Phi) is 9.17. The molecule has 138 valence electrons. The number of carbonyl (C=O) groups is 2. The van der Waals surface area contributed by atoms with Gasteiger partial charge in [0, 0.05) is 18.8 Å². The maximum Gasteiger partial charge on any atom is 0.339 e. The molecule has 0 spiro atoms. The van der Waals surface area contributed by atoms with Crippen LogP contribution in [0.1, 0.15) is 68.1 Å². The summed E-state index contributed by atoms with van der Waals surface area (Å²) in [6.07, 6.45) is 18.0. The first-order valence-electron chi connectivity index (χ1n) is 9.51. The summed E-state index contributed by atoms with van der Waals surface area (Å²) >= 11 is 0. The summed E-state index contributed by atoms with van der Waals surface area (Å²) < 4.78 is 5.23. The minimum absolute atomic E-state index is 0.204. The van der Waals surface area contributed by atoms with Gasteiger partial charge in [0.05, 0.1) is 17.7 Å². The van der Waals surface area contributed by atoms with Crippen LogP contribution in [0.2, 0.25) is 0 Å². The standard InChI is InChI=1S/C22H27NO3/c24-21(19-12-8-9-13-19)15-7-5-3-1-2-4-6-10-17-26-22(25)20-14-11-16-23-18-20/h8-9,11-12,14,16,18H,1-7,10,15,17H2. The van der Waals surface area contributed by atoms with Gasteiger partial charge in [-0.3, -0.25) is 9.78 Å². The van der Waals surface area contributed by atoms with E-state index in [-0.39, 0.29) is 11.8 Å². The molecule has 0 saturated carbocycles. The Morgan fingerprint density at radius 2 is 1.73 bits per heavy atom. The minimum Gasteiger partial charge on any atom is -0.462 e. The summed E-state index contributed by atoms with van der Waals surface area (Å²) in [4.78, 5) is 27.4. The summed E-state index contributed by atoms with van der Waals surface area (Å²) in [5, 5.41) is 0. The van der Waals surface area contributed by atoms with Gasteiger partial charge in [-0.2, -0.15) is 0 Å². The fraction of sp³-hybridized carbons (Fsp3) is 0.455. The van der Waals surface area contributed by atoms with Crippen molar-refractivity contribution >= 4 is 11.8 Å². The van der Waals surface area contributed by atoms with Crippen LogP contribution in [0.3, 0.4) is 0 Å². The number of unbranched alkanes of at least 4 members (excludes halogenated alkanes) is 7. The quantitative estimate of drug-likeness (QED) is 0.285. The van der Waals surface area contributed by atoms with Gasteiger partial charge in [0.1, 0.15) is 0 Å². The third kappa shape index (κ3) is 7.62. The van der Waals surface area contributed by atoms with Crippen LogP contribution in [-0.4, -0.2) is 23.3 Å². The molecular weight excluding hydrogens is 326 g/mol. The lowest BCUT2D eigenvalue weighted by Crippen LogP contribution is -2.06. The Morgan fingerprint density at radius 3 is 2.38 bits per heavy atom. The molecular formula is C22H27NO3. The smallest absolute Gasteiger partial charge is 0.339 e. The lowest BCUT2D eigenvalue weighted by Gasteiger charge is -2.05. The van der Waals surface area contributed by atoms with Crippen molar-refractivity contribution in [3.05, 3.63) is 59.6 Å². The average molecular weight is 353 g/mol. The summed E-state index contributed by atoms with van der Waals surface area (Å²) in [6, 6.07) is 3.44. The molecule has 0 aliphatic heterocycles. The number of pyridine rings is 1. The molecule has 0 amide bonds. The first-order valence-corrected chi connectivity index (χ1v) is 9.51. The first-order chi connectivity index (χ1) is 12.8. The summed E-state index contributed by atoms with van der Waals surface area (Å²) in [6.45, 7) is 0.467. The highest BCUT2D eigenvalue weighted by Gasteiger charge is 2.07. The monoisotopic (exact) mass is 353 g/mol. The fourth-order valence-corrected chi connectivity index (χ4v) is 2.82. The highest BCUT2D eigenvalue weighted by Crippen LogP contribution is 2.13. The van der Waals surface area contributed by atoms with E-state index in [0.717, 1.165) is 32.1 Å². The fourth-order valence-electron chi connectivity index (χ4n) is 2.82. The number of allylic oxidation sites excluding steroid dienone is 3. The van der Waals surface area contributed by atoms with Crippen LogP contribution in [0, 0.1) is 0 Å². The molecule has 4 heteroatoms. The van der Waals surface area contributed by atoms with Gasteiger partial charge in [0.15, 0.2) is 5.78 Å². The Morgan fingerprint density at radius 1 is 1.00 bits per heavy atom. The van der Waals surface area contributed by atoms with E-state index in [9.17, 15) is 9.59 Å². The molecule has 1 aliphatic rings. The number of hydrogen-bond donors (Lipinski definition) is 0. The van der Waals surface area contributed by atoms with E-state index in [2.05, 4.69) is 10.7 Å². The predicted octanol–water partition coefficient (Wildman–Crippen LogP) is 4.97. The van der Waals surface area contributed by atoms with Crippen LogP contribution in [0.4, 0.5) is 0 Å². The zero-order chi connectivity index (χ0) is 18.5. The van der Waals surface area contributed by atoms with Crippen LogP contribution in [-0.2, 0) is 9.53 Å². The lowest BCUT2D eigenvalue weighted by atomic mass is 10.0. The molecule has 0 unspecified atom stereocenters. The molecule has 0 N–H and O–H groups in total. The molecule has 1 aromatic rings. The molecule has 0 aromatic carbocycles. The number of carbonyl (C=O) groups excluding carboxylic acids is 2. The number of hydrogen-bond acceptors (Lipinski definition) is 4. The number of rotatable bonds is 13. The highest BCUT2D eigenvalue weighted by molar-refractivity contribution is 5.98. The zero-order valence-corrected chi connectivity index (χ0v) is 15.3. The Balaban J connectivity index is 1.37. The second-order valence-corrected chi connectivity index (χ2v) is 6.46. The van der Waals surface area contributed by atoms with Gasteiger partial charge in [-0.05, 0) is 37.1 Å². The van der Waals surface area contributed by atoms with Crippen molar-refractivity contribution < 1.29 is 14.3 Å². The largest absolute Gasteiger partial charge is 0.462 e. The van der Waals surface area contributed by atoms with E-state index in [1.165, 1.54) is 25.5 Å². The van der Waals surface area contributed by atoms with Gasteiger partial charge in [-0.25, -0.2) is 4.79 Å². The molecule has 2 rings (SSSR count). The second-order valence-electron chi connectivity index (χ2n) is 6.46. The number of esters is 1. The Bertz CT molecular complexity index is 670. The predicted molar refractivity (Wildman–Crippen MR) is 102 cm³/mol. The molecule has 0 fully saturated rings. The third-order valence-corrected chi connectivity index (χ3v) is 4.33. The van der Waals surface area contributed by atoms with Gasteiger partial charge in [0.2, 0.25) is 0 Å².